The van der Waals surface area contributed by atoms with Gasteiger partial charge in [0.15, 0.2) is 5.82 Å². The predicted molar refractivity (Wildman–Crippen MR) is 164 cm³/mol. The van der Waals surface area contributed by atoms with Gasteiger partial charge in [0.25, 0.3) is 0 Å². The molecular formula is C30H46N8O4. The quantitative estimate of drug-likeness (QED) is 0.272. The fourth-order valence-corrected chi connectivity index (χ4v) is 5.19. The van der Waals surface area contributed by atoms with E-state index in [-0.39, 0.29) is 30.0 Å². The maximum absolute atomic E-state index is 12.7. The van der Waals surface area contributed by atoms with Crippen LogP contribution in [0.3, 0.4) is 0 Å². The lowest BCUT2D eigenvalue weighted by atomic mass is 10.0. The van der Waals surface area contributed by atoms with Crippen LogP contribution in [0.5, 0.6) is 0 Å². The fourth-order valence-electron chi connectivity index (χ4n) is 5.19. The summed E-state index contributed by atoms with van der Waals surface area (Å²) in [4.78, 5) is 32.1. The van der Waals surface area contributed by atoms with E-state index in [2.05, 4.69) is 63.1 Å². The van der Waals surface area contributed by atoms with Crippen molar-refractivity contribution in [1.29, 1.82) is 0 Å². The smallest absolute Gasteiger partial charge is 0.407 e. The highest BCUT2D eigenvalue weighted by Crippen LogP contribution is 2.27. The first kappa shape index (κ1) is 31.3. The zero-order valence-corrected chi connectivity index (χ0v) is 25.9. The Morgan fingerprint density at radius 1 is 1.07 bits per heavy atom. The number of benzene rings is 1. The van der Waals surface area contributed by atoms with Crippen molar-refractivity contribution in [3.8, 4) is 0 Å². The third-order valence-electron chi connectivity index (χ3n) is 7.22. The Balaban J connectivity index is 1.34. The number of fused-ring (bicyclic) bond motifs is 3. The number of amides is 2. The summed E-state index contributed by atoms with van der Waals surface area (Å²) >= 11 is 0. The van der Waals surface area contributed by atoms with Crippen LogP contribution in [0.2, 0.25) is 0 Å². The standard InChI is InChI=1S/C30H46N8O4/c1-18(2)17-41-30(40)34-26(19(3)4)29(39)32-13-9-8-12-31-27-28-36-35-22(7)38(28)25-11-10-23(14-24(25)33-27)37-15-20(5)42-21(6)16-37/h10-11,14,18-21,26H,8-9,12-13,15-17H2,1-7H3,(H,31,33)(H,32,39)(H,34,40)/t20-,21+,26-/m0/s1. The molecule has 2 aromatic heterocycles. The first-order chi connectivity index (χ1) is 20.0. The topological polar surface area (TPSA) is 135 Å². The van der Waals surface area contributed by atoms with Gasteiger partial charge >= 0.3 is 6.09 Å². The molecule has 3 atom stereocenters. The molecule has 2 amide bonds. The van der Waals surface area contributed by atoms with Gasteiger partial charge < -0.3 is 30.3 Å². The Labute approximate surface area is 247 Å². The van der Waals surface area contributed by atoms with Crippen molar-refractivity contribution >= 4 is 40.2 Å². The normalized spacial score (nSPS) is 18.1. The van der Waals surface area contributed by atoms with Crippen LogP contribution in [0, 0.1) is 18.8 Å². The van der Waals surface area contributed by atoms with Crippen molar-refractivity contribution in [3.05, 3.63) is 24.0 Å². The number of nitrogens with one attached hydrogen (secondary N) is 3. The molecule has 42 heavy (non-hydrogen) atoms. The highest BCUT2D eigenvalue weighted by Gasteiger charge is 2.25. The number of alkyl carbamates (subject to hydrolysis) is 1. The largest absolute Gasteiger partial charge is 0.449 e. The molecule has 3 aromatic rings. The van der Waals surface area contributed by atoms with E-state index < -0.39 is 12.1 Å². The second-order valence-corrected chi connectivity index (χ2v) is 12.0. The van der Waals surface area contributed by atoms with Gasteiger partial charge in [0, 0.05) is 31.9 Å². The number of morpholine rings is 1. The van der Waals surface area contributed by atoms with Crippen LogP contribution in [0.25, 0.3) is 16.7 Å². The number of aromatic nitrogens is 4. The molecule has 0 spiro atoms. The molecule has 1 aliphatic heterocycles. The highest BCUT2D eigenvalue weighted by atomic mass is 16.5. The number of unbranched alkanes of at least 4 members (excludes halogenated alkanes) is 1. The number of hydrogen-bond acceptors (Lipinski definition) is 9. The molecule has 3 heterocycles. The van der Waals surface area contributed by atoms with Crippen molar-refractivity contribution in [2.45, 2.75) is 79.6 Å². The summed E-state index contributed by atoms with van der Waals surface area (Å²) < 4.78 is 13.1. The molecule has 230 valence electrons. The molecule has 1 saturated heterocycles. The fraction of sp³-hybridized carbons (Fsp3) is 0.633. The zero-order valence-electron chi connectivity index (χ0n) is 25.9. The van der Waals surface area contributed by atoms with E-state index in [9.17, 15) is 9.59 Å². The van der Waals surface area contributed by atoms with E-state index in [1.165, 1.54) is 0 Å². The Kier molecular flexibility index (Phi) is 10.4. The summed E-state index contributed by atoms with van der Waals surface area (Å²) in [6.45, 7) is 17.0. The van der Waals surface area contributed by atoms with Gasteiger partial charge in [0.05, 0.1) is 29.8 Å². The SMILES string of the molecule is Cc1nnc2c(NCCCCNC(=O)[C@@H](NC(=O)OCC(C)C)C(C)C)nc3cc(N4C[C@@H](C)O[C@@H](C)C4)ccc3n12. The molecule has 4 rings (SSSR count). The number of anilines is 2. The summed E-state index contributed by atoms with van der Waals surface area (Å²) in [5.74, 6) is 1.42. The lowest BCUT2D eigenvalue weighted by Gasteiger charge is -2.36. The van der Waals surface area contributed by atoms with E-state index in [1.807, 2.05) is 39.0 Å². The average molecular weight is 583 g/mol. The van der Waals surface area contributed by atoms with Gasteiger partial charge in [0.2, 0.25) is 11.6 Å². The minimum Gasteiger partial charge on any atom is -0.449 e. The van der Waals surface area contributed by atoms with E-state index in [0.29, 0.717) is 31.2 Å². The third kappa shape index (κ3) is 7.78. The molecule has 0 bridgehead atoms. The van der Waals surface area contributed by atoms with E-state index in [1.54, 1.807) is 0 Å². The molecule has 0 radical (unpaired) electrons. The number of rotatable bonds is 12. The number of ether oxygens (including phenoxy) is 2. The Morgan fingerprint density at radius 3 is 2.48 bits per heavy atom. The Morgan fingerprint density at radius 2 is 1.79 bits per heavy atom. The second-order valence-electron chi connectivity index (χ2n) is 12.0. The van der Waals surface area contributed by atoms with Crippen molar-refractivity contribution in [2.24, 2.45) is 11.8 Å². The molecule has 0 unspecified atom stereocenters. The summed E-state index contributed by atoms with van der Waals surface area (Å²) in [6, 6.07) is 5.69. The van der Waals surface area contributed by atoms with Gasteiger partial charge in [-0.2, -0.15) is 0 Å². The van der Waals surface area contributed by atoms with Crippen molar-refractivity contribution in [1.82, 2.24) is 30.2 Å². The van der Waals surface area contributed by atoms with Crippen LogP contribution in [0.15, 0.2) is 18.2 Å². The molecule has 3 N–H and O–H groups in total. The summed E-state index contributed by atoms with van der Waals surface area (Å²) in [7, 11) is 0. The Hall–Kier alpha value is -3.67. The second kappa shape index (κ2) is 14.0. The Bertz CT molecular complexity index is 1360. The van der Waals surface area contributed by atoms with Gasteiger partial charge in [-0.15, -0.1) is 10.2 Å². The molecule has 12 nitrogen and oxygen atoms in total. The number of carbonyl (C=O) groups excluding carboxylic acids is 2. The number of carbonyl (C=O) groups is 2. The first-order valence-electron chi connectivity index (χ1n) is 15.0. The van der Waals surface area contributed by atoms with Gasteiger partial charge in [-0.3, -0.25) is 9.20 Å². The van der Waals surface area contributed by atoms with Crippen LogP contribution in [0.4, 0.5) is 16.3 Å². The zero-order chi connectivity index (χ0) is 30.4. The van der Waals surface area contributed by atoms with Crippen LogP contribution in [-0.4, -0.2) is 82.6 Å². The average Bonchev–Trinajstić information content (AvgIpc) is 3.33. The molecule has 0 saturated carbocycles. The van der Waals surface area contributed by atoms with Crippen LogP contribution in [0.1, 0.15) is 60.2 Å². The molecule has 12 heteroatoms. The van der Waals surface area contributed by atoms with Gasteiger partial charge in [-0.25, -0.2) is 9.78 Å². The summed E-state index contributed by atoms with van der Waals surface area (Å²) in [6.07, 6.45) is 1.33. The number of aryl methyl sites for hydroxylation is 1. The molecule has 1 fully saturated rings. The molecular weight excluding hydrogens is 536 g/mol. The number of hydrogen-bond donors (Lipinski definition) is 3. The summed E-state index contributed by atoms with van der Waals surface area (Å²) in [5.41, 5.74) is 3.62. The predicted octanol–water partition coefficient (Wildman–Crippen LogP) is 3.91. The minimum atomic E-state index is -0.650. The van der Waals surface area contributed by atoms with Crippen molar-refractivity contribution in [3.63, 3.8) is 0 Å². The molecule has 0 aliphatic carbocycles. The maximum Gasteiger partial charge on any atom is 0.407 e. The van der Waals surface area contributed by atoms with Crippen LogP contribution < -0.4 is 20.9 Å². The van der Waals surface area contributed by atoms with E-state index in [4.69, 9.17) is 14.5 Å². The van der Waals surface area contributed by atoms with E-state index >= 15 is 0 Å². The minimum absolute atomic E-state index is 0.0678. The lowest BCUT2D eigenvalue weighted by Crippen LogP contribution is -2.50. The molecule has 1 aliphatic rings. The van der Waals surface area contributed by atoms with Crippen LogP contribution in [-0.2, 0) is 14.3 Å². The van der Waals surface area contributed by atoms with Gasteiger partial charge in [-0.05, 0) is 63.6 Å². The maximum atomic E-state index is 12.7. The van der Waals surface area contributed by atoms with Crippen molar-refractivity contribution in [2.75, 3.05) is 43.0 Å². The van der Waals surface area contributed by atoms with Crippen molar-refractivity contribution < 1.29 is 19.1 Å². The van der Waals surface area contributed by atoms with Gasteiger partial charge in [0.1, 0.15) is 11.9 Å². The third-order valence-corrected chi connectivity index (χ3v) is 7.22. The monoisotopic (exact) mass is 582 g/mol. The van der Waals surface area contributed by atoms with Gasteiger partial charge in [-0.1, -0.05) is 27.7 Å². The first-order valence-corrected chi connectivity index (χ1v) is 15.0. The highest BCUT2D eigenvalue weighted by molar-refractivity contribution is 5.86. The lowest BCUT2D eigenvalue weighted by molar-refractivity contribution is -0.124. The molecule has 1 aromatic carbocycles. The summed E-state index contributed by atoms with van der Waals surface area (Å²) in [5, 5.41) is 17.7. The van der Waals surface area contributed by atoms with E-state index in [0.717, 1.165) is 48.5 Å². The van der Waals surface area contributed by atoms with Crippen LogP contribution >= 0.6 is 0 Å². The number of nitrogens with zero attached hydrogens (tertiary/aromatic N) is 5.